The van der Waals surface area contributed by atoms with E-state index in [2.05, 4.69) is 10.6 Å². The summed E-state index contributed by atoms with van der Waals surface area (Å²) in [5.74, 6) is -4.59. The second kappa shape index (κ2) is 23.7. The molecule has 7 rings (SSSR count). The molecule has 2 N–H and O–H groups in total. The lowest BCUT2D eigenvalue weighted by Crippen LogP contribution is -2.64. The molecule has 0 radical (unpaired) electrons. The number of ether oxygens (including phenoxy) is 9. The van der Waals surface area contributed by atoms with Crippen LogP contribution in [0.15, 0.2) is 97.1 Å². The lowest BCUT2D eigenvalue weighted by molar-refractivity contribution is -0.282. The number of methoxy groups -OCH3 is 1. The SMILES string of the molecule is COC(=O)[C@H]1OC(Oc2ccc(COC(=O)N3CCCC3OCCc3ccccc3)cc2NC(=O)CCNC(=O)OCC2c3ccccc3-c3ccccc32)[C@H](OC(C)=O)[C@@H](OC(C)=O)[C@@H]1OC(C)=O. The average Bonchev–Trinajstić information content (AvgIpc) is 3.94. The highest BCUT2D eigenvalue weighted by Crippen LogP contribution is 2.44. The highest BCUT2D eigenvalue weighted by atomic mass is 16.7. The number of carbonyl (C=O) groups excluding carboxylic acids is 7. The second-order valence-corrected chi connectivity index (χ2v) is 16.6. The summed E-state index contributed by atoms with van der Waals surface area (Å²) < 4.78 is 50.9. The maximum absolute atomic E-state index is 13.6. The van der Waals surface area contributed by atoms with Gasteiger partial charge in [-0.1, -0.05) is 84.9 Å². The first-order valence-electron chi connectivity index (χ1n) is 22.8. The van der Waals surface area contributed by atoms with Gasteiger partial charge in [0.05, 0.1) is 19.4 Å². The molecule has 1 aliphatic carbocycles. The zero-order valence-corrected chi connectivity index (χ0v) is 39.1. The Morgan fingerprint density at radius 3 is 2.04 bits per heavy atom. The fourth-order valence-corrected chi connectivity index (χ4v) is 8.61. The van der Waals surface area contributed by atoms with Gasteiger partial charge in [-0.25, -0.2) is 14.4 Å². The molecular weight excluding hydrogens is 911 g/mol. The van der Waals surface area contributed by atoms with Crippen molar-refractivity contribution in [3.63, 3.8) is 0 Å². The van der Waals surface area contributed by atoms with Gasteiger partial charge in [0.1, 0.15) is 25.2 Å². The van der Waals surface area contributed by atoms with Crippen LogP contribution in [0.3, 0.4) is 0 Å². The van der Waals surface area contributed by atoms with E-state index in [0.29, 0.717) is 31.6 Å². The Hall–Kier alpha value is -7.51. The third-order valence-electron chi connectivity index (χ3n) is 11.7. The molecule has 6 atom stereocenters. The maximum atomic E-state index is 13.6. The Morgan fingerprint density at radius 1 is 0.729 bits per heavy atom. The van der Waals surface area contributed by atoms with Gasteiger partial charge in [0.15, 0.2) is 18.3 Å². The highest BCUT2D eigenvalue weighted by Gasteiger charge is 2.56. The smallest absolute Gasteiger partial charge is 0.412 e. The molecule has 2 saturated heterocycles. The summed E-state index contributed by atoms with van der Waals surface area (Å²) in [6, 6.07) is 30.1. The molecule has 370 valence electrons. The fourth-order valence-electron chi connectivity index (χ4n) is 8.61. The topological polar surface area (TPSA) is 230 Å². The van der Waals surface area contributed by atoms with Crippen LogP contribution in [-0.2, 0) is 74.9 Å². The quantitative estimate of drug-likeness (QED) is 0.0868. The van der Waals surface area contributed by atoms with E-state index < -0.39 is 78.9 Å². The van der Waals surface area contributed by atoms with Crippen molar-refractivity contribution in [2.45, 2.75) is 95.9 Å². The van der Waals surface area contributed by atoms with E-state index in [0.717, 1.165) is 62.1 Å². The molecule has 70 heavy (non-hydrogen) atoms. The van der Waals surface area contributed by atoms with Gasteiger partial charge >= 0.3 is 36.1 Å². The standard InChI is InChI=1S/C51H55N3O16/c1-30(55)66-44-45(67-31(2)56)47(68-32(3)57)49(70-46(44)48(59)62-4)69-41-21-20-34(28-65-51(61)54-25-12-19-43(54)63-26-23-33-13-6-5-7-14-33)27-40(41)53-42(58)22-24-52-50(60)64-29-39-37-17-10-8-15-35(37)36-16-9-11-18-38(36)39/h5-11,13-18,20-21,27,39,43-47,49H,12,19,22-26,28-29H2,1-4H3,(H,52,60)(H,53,58)/t43?,44-,45-,46-,47+,49?/m0/s1. The van der Waals surface area contributed by atoms with Crippen molar-refractivity contribution in [1.82, 2.24) is 10.2 Å². The number of rotatable bonds is 18. The molecule has 0 aromatic heterocycles. The van der Waals surface area contributed by atoms with Crippen LogP contribution in [-0.4, -0.2) is 117 Å². The molecular formula is C51H55N3O16. The lowest BCUT2D eigenvalue weighted by atomic mass is 9.97. The molecule has 19 heteroatoms. The number of anilines is 1. The van der Waals surface area contributed by atoms with Crippen LogP contribution in [0.25, 0.3) is 11.1 Å². The van der Waals surface area contributed by atoms with Crippen molar-refractivity contribution >= 4 is 47.7 Å². The number of carbonyl (C=O) groups is 7. The van der Waals surface area contributed by atoms with Gasteiger partial charge in [-0.05, 0) is 64.8 Å². The van der Waals surface area contributed by atoms with Crippen molar-refractivity contribution < 1.29 is 76.2 Å². The molecule has 2 aliphatic heterocycles. The summed E-state index contributed by atoms with van der Waals surface area (Å²) in [5, 5.41) is 5.36. The van der Waals surface area contributed by atoms with Gasteiger partial charge in [0.25, 0.3) is 0 Å². The summed E-state index contributed by atoms with van der Waals surface area (Å²) in [6.07, 6.45) is -8.51. The molecule has 0 bridgehead atoms. The van der Waals surface area contributed by atoms with Crippen molar-refractivity contribution in [2.24, 2.45) is 0 Å². The third kappa shape index (κ3) is 12.8. The summed E-state index contributed by atoms with van der Waals surface area (Å²) >= 11 is 0. The summed E-state index contributed by atoms with van der Waals surface area (Å²) in [6.45, 7) is 3.68. The zero-order valence-electron chi connectivity index (χ0n) is 39.1. The minimum atomic E-state index is -1.76. The number of nitrogens with one attached hydrogen (secondary N) is 2. The fraction of sp³-hybridized carbons (Fsp3) is 0.392. The van der Waals surface area contributed by atoms with Crippen molar-refractivity contribution in [3.8, 4) is 16.9 Å². The number of esters is 4. The predicted octanol–water partition coefficient (Wildman–Crippen LogP) is 5.94. The van der Waals surface area contributed by atoms with Crippen LogP contribution in [0.5, 0.6) is 5.75 Å². The van der Waals surface area contributed by atoms with Gasteiger partial charge in [-0.15, -0.1) is 0 Å². The number of amides is 3. The molecule has 2 heterocycles. The number of likely N-dealkylation sites (tertiary alicyclic amines) is 1. The normalized spacial score (nSPS) is 20.2. The van der Waals surface area contributed by atoms with Crippen LogP contribution >= 0.6 is 0 Å². The Balaban J connectivity index is 1.06. The van der Waals surface area contributed by atoms with Crippen LogP contribution in [0.2, 0.25) is 0 Å². The van der Waals surface area contributed by atoms with Gasteiger partial charge in [0.2, 0.25) is 18.3 Å². The first-order valence-corrected chi connectivity index (χ1v) is 22.8. The van der Waals surface area contributed by atoms with E-state index >= 15 is 0 Å². The molecule has 4 aromatic rings. The molecule has 2 unspecified atom stereocenters. The summed E-state index contributed by atoms with van der Waals surface area (Å²) in [7, 11) is 1.05. The predicted molar refractivity (Wildman–Crippen MR) is 247 cm³/mol. The van der Waals surface area contributed by atoms with Gasteiger partial charge in [-0.3, -0.25) is 24.1 Å². The van der Waals surface area contributed by atoms with Crippen LogP contribution < -0.4 is 15.4 Å². The number of hydrogen-bond acceptors (Lipinski definition) is 16. The van der Waals surface area contributed by atoms with Crippen molar-refractivity contribution in [3.05, 3.63) is 119 Å². The Bertz CT molecular complexity index is 2490. The number of nitrogens with zero attached hydrogens (tertiary/aromatic N) is 1. The van der Waals surface area contributed by atoms with Gasteiger partial charge in [-0.2, -0.15) is 0 Å². The molecule has 0 saturated carbocycles. The van der Waals surface area contributed by atoms with Gasteiger partial charge < -0.3 is 53.3 Å². The molecule has 19 nitrogen and oxygen atoms in total. The van der Waals surface area contributed by atoms with Crippen LogP contribution in [0.4, 0.5) is 15.3 Å². The van der Waals surface area contributed by atoms with Crippen LogP contribution in [0, 0.1) is 0 Å². The molecule has 2 fully saturated rings. The Labute approximate surface area is 403 Å². The van der Waals surface area contributed by atoms with Crippen molar-refractivity contribution in [1.29, 1.82) is 0 Å². The third-order valence-corrected chi connectivity index (χ3v) is 11.7. The first kappa shape index (κ1) is 50.4. The van der Waals surface area contributed by atoms with E-state index in [1.165, 1.54) is 23.1 Å². The summed E-state index contributed by atoms with van der Waals surface area (Å²) in [4.78, 5) is 91.7. The number of fused-ring (bicyclic) bond motifs is 3. The largest absolute Gasteiger partial charge is 0.467 e. The molecule has 0 spiro atoms. The van der Waals surface area contributed by atoms with E-state index in [4.69, 9.17) is 42.6 Å². The lowest BCUT2D eigenvalue weighted by Gasteiger charge is -2.43. The monoisotopic (exact) mass is 965 g/mol. The Morgan fingerprint density at radius 2 is 1.37 bits per heavy atom. The minimum absolute atomic E-state index is 0.00563. The number of benzene rings is 4. The maximum Gasteiger partial charge on any atom is 0.412 e. The van der Waals surface area contributed by atoms with Crippen LogP contribution in [0.1, 0.15) is 68.2 Å². The van der Waals surface area contributed by atoms with Gasteiger partial charge in [0, 0.05) is 46.2 Å². The average molecular weight is 966 g/mol. The zero-order chi connectivity index (χ0) is 49.7. The second-order valence-electron chi connectivity index (χ2n) is 16.6. The molecule has 3 aliphatic rings. The highest BCUT2D eigenvalue weighted by molar-refractivity contribution is 5.92. The molecule has 4 aromatic carbocycles. The molecule has 3 amide bonds. The Kier molecular flexibility index (Phi) is 17.0. The first-order chi connectivity index (χ1) is 33.8. The van der Waals surface area contributed by atoms with E-state index in [1.807, 2.05) is 78.9 Å². The number of hydrogen-bond donors (Lipinski definition) is 2. The van der Waals surface area contributed by atoms with E-state index in [9.17, 15) is 33.6 Å². The van der Waals surface area contributed by atoms with Crippen molar-refractivity contribution in [2.75, 3.05) is 38.7 Å². The number of alkyl carbamates (subject to hydrolysis) is 1. The van der Waals surface area contributed by atoms with E-state index in [1.54, 1.807) is 0 Å². The summed E-state index contributed by atoms with van der Waals surface area (Å²) in [5.41, 5.74) is 5.73. The van der Waals surface area contributed by atoms with E-state index in [-0.39, 0.29) is 43.5 Å². The minimum Gasteiger partial charge on any atom is -0.467 e.